The Morgan fingerprint density at radius 3 is 1.85 bits per heavy atom. The van der Waals surface area contributed by atoms with Crippen molar-refractivity contribution < 1.29 is 32.2 Å². The monoisotopic (exact) mass is 486 g/mol. The summed E-state index contributed by atoms with van der Waals surface area (Å²) in [5.41, 5.74) is 1.86. The van der Waals surface area contributed by atoms with Gasteiger partial charge < -0.3 is 24.3 Å². The molecule has 9 nitrogen and oxygen atoms in total. The van der Waals surface area contributed by atoms with Crippen LogP contribution < -0.4 is 29.0 Å². The zero-order valence-electron chi connectivity index (χ0n) is 19.5. The van der Waals surface area contributed by atoms with Crippen LogP contribution in [-0.2, 0) is 10.0 Å². The maximum atomic E-state index is 13.1. The third kappa shape index (κ3) is 5.34. The van der Waals surface area contributed by atoms with Crippen LogP contribution >= 0.6 is 0 Å². The molecule has 34 heavy (non-hydrogen) atoms. The summed E-state index contributed by atoms with van der Waals surface area (Å²) in [6, 6.07) is 14.2. The van der Waals surface area contributed by atoms with Crippen LogP contribution in [0.1, 0.15) is 15.9 Å². The lowest BCUT2D eigenvalue weighted by molar-refractivity contribution is 0.102. The van der Waals surface area contributed by atoms with Gasteiger partial charge in [0.25, 0.3) is 15.9 Å². The highest BCUT2D eigenvalue weighted by atomic mass is 32.2. The van der Waals surface area contributed by atoms with E-state index < -0.39 is 15.9 Å². The lowest BCUT2D eigenvalue weighted by Crippen LogP contribution is -2.17. The van der Waals surface area contributed by atoms with Gasteiger partial charge in [0.2, 0.25) is 5.75 Å². The second-order valence-corrected chi connectivity index (χ2v) is 8.86. The number of rotatable bonds is 9. The largest absolute Gasteiger partial charge is 0.495 e. The van der Waals surface area contributed by atoms with E-state index in [9.17, 15) is 13.2 Å². The van der Waals surface area contributed by atoms with Crippen LogP contribution in [0.25, 0.3) is 0 Å². The van der Waals surface area contributed by atoms with Crippen molar-refractivity contribution in [2.75, 3.05) is 38.5 Å². The van der Waals surface area contributed by atoms with Crippen molar-refractivity contribution in [2.45, 2.75) is 11.8 Å². The van der Waals surface area contributed by atoms with Crippen molar-refractivity contribution in [1.29, 1.82) is 0 Å². The molecule has 0 bridgehead atoms. The first-order chi connectivity index (χ1) is 16.2. The summed E-state index contributed by atoms with van der Waals surface area (Å²) in [7, 11) is 1.72. The molecule has 0 heterocycles. The van der Waals surface area contributed by atoms with E-state index in [1.165, 1.54) is 46.6 Å². The van der Waals surface area contributed by atoms with Crippen molar-refractivity contribution in [3.63, 3.8) is 0 Å². The van der Waals surface area contributed by atoms with Gasteiger partial charge in [-0.3, -0.25) is 9.52 Å². The highest BCUT2D eigenvalue weighted by Crippen LogP contribution is 2.40. The van der Waals surface area contributed by atoms with Crippen LogP contribution in [0.5, 0.6) is 23.0 Å². The predicted octanol–water partition coefficient (Wildman–Crippen LogP) is 4.08. The Labute approximate surface area is 198 Å². The number of methoxy groups -OCH3 is 4. The fraction of sp³-hybridized carbons (Fsp3) is 0.208. The Morgan fingerprint density at radius 1 is 0.735 bits per heavy atom. The second kappa shape index (κ2) is 10.3. The molecule has 3 aromatic rings. The molecule has 0 aliphatic heterocycles. The first-order valence-corrected chi connectivity index (χ1v) is 11.6. The maximum Gasteiger partial charge on any atom is 0.265 e. The van der Waals surface area contributed by atoms with E-state index in [0.717, 1.165) is 5.56 Å². The zero-order chi connectivity index (χ0) is 24.9. The van der Waals surface area contributed by atoms with Crippen LogP contribution in [0.3, 0.4) is 0 Å². The molecule has 0 atom stereocenters. The Bertz CT molecular complexity index is 1260. The van der Waals surface area contributed by atoms with Crippen molar-refractivity contribution in [3.8, 4) is 23.0 Å². The Morgan fingerprint density at radius 2 is 1.32 bits per heavy atom. The normalized spacial score (nSPS) is 10.9. The summed E-state index contributed by atoms with van der Waals surface area (Å²) in [5, 5.41) is 2.72. The topological polar surface area (TPSA) is 112 Å². The molecule has 0 aliphatic rings. The van der Waals surface area contributed by atoms with Crippen LogP contribution in [0, 0.1) is 6.92 Å². The van der Waals surface area contributed by atoms with Gasteiger partial charge in [0.05, 0.1) is 28.4 Å². The number of amides is 1. The number of sulfonamides is 1. The first-order valence-electron chi connectivity index (χ1n) is 10.1. The van der Waals surface area contributed by atoms with Gasteiger partial charge >= 0.3 is 0 Å². The number of nitrogens with one attached hydrogen (secondary N) is 2. The lowest BCUT2D eigenvalue weighted by Gasteiger charge is -2.15. The van der Waals surface area contributed by atoms with Gasteiger partial charge in [-0.25, -0.2) is 8.42 Å². The SMILES string of the molecule is COc1ccc(C(=O)Nc2cc(OC)c(OC)c(OC)c2)cc1S(=O)(=O)Nc1ccc(C)cc1. The molecule has 10 heteroatoms. The van der Waals surface area contributed by atoms with E-state index in [0.29, 0.717) is 28.6 Å². The van der Waals surface area contributed by atoms with Crippen molar-refractivity contribution >= 4 is 27.3 Å². The van der Waals surface area contributed by atoms with E-state index in [1.807, 2.05) is 6.92 Å². The third-order valence-electron chi connectivity index (χ3n) is 4.94. The molecule has 0 fully saturated rings. The van der Waals surface area contributed by atoms with E-state index in [4.69, 9.17) is 18.9 Å². The van der Waals surface area contributed by atoms with Gasteiger partial charge in [-0.1, -0.05) is 17.7 Å². The molecule has 0 spiro atoms. The van der Waals surface area contributed by atoms with E-state index >= 15 is 0 Å². The average Bonchev–Trinajstić information content (AvgIpc) is 2.84. The van der Waals surface area contributed by atoms with Gasteiger partial charge in [-0.05, 0) is 37.3 Å². The lowest BCUT2D eigenvalue weighted by atomic mass is 10.2. The molecule has 0 unspecified atom stereocenters. The number of hydrogen-bond donors (Lipinski definition) is 2. The van der Waals surface area contributed by atoms with Gasteiger partial charge in [-0.2, -0.15) is 0 Å². The summed E-state index contributed by atoms with van der Waals surface area (Å²) >= 11 is 0. The predicted molar refractivity (Wildman–Crippen MR) is 129 cm³/mol. The summed E-state index contributed by atoms with van der Waals surface area (Å²) in [6.07, 6.45) is 0. The molecule has 3 aromatic carbocycles. The van der Waals surface area contributed by atoms with Crippen molar-refractivity contribution in [3.05, 3.63) is 65.7 Å². The van der Waals surface area contributed by atoms with Crippen molar-refractivity contribution in [1.82, 2.24) is 0 Å². The van der Waals surface area contributed by atoms with Crippen LogP contribution in [0.4, 0.5) is 11.4 Å². The number of carbonyl (C=O) groups is 1. The fourth-order valence-corrected chi connectivity index (χ4v) is 4.47. The maximum absolute atomic E-state index is 13.1. The number of aryl methyl sites for hydroxylation is 1. The minimum atomic E-state index is -4.04. The number of hydrogen-bond acceptors (Lipinski definition) is 7. The van der Waals surface area contributed by atoms with E-state index in [2.05, 4.69) is 10.0 Å². The van der Waals surface area contributed by atoms with Gasteiger partial charge in [0, 0.05) is 29.1 Å². The number of anilines is 2. The minimum Gasteiger partial charge on any atom is -0.495 e. The Hall–Kier alpha value is -3.92. The van der Waals surface area contributed by atoms with Gasteiger partial charge in [-0.15, -0.1) is 0 Å². The van der Waals surface area contributed by atoms with Crippen LogP contribution in [0.2, 0.25) is 0 Å². The summed E-state index contributed by atoms with van der Waals surface area (Å²) in [4.78, 5) is 12.8. The van der Waals surface area contributed by atoms with E-state index in [-0.39, 0.29) is 16.2 Å². The quantitative estimate of drug-likeness (QED) is 0.469. The molecule has 0 saturated carbocycles. The summed E-state index contributed by atoms with van der Waals surface area (Å²) in [6.45, 7) is 1.90. The zero-order valence-corrected chi connectivity index (χ0v) is 20.3. The second-order valence-electron chi connectivity index (χ2n) is 7.21. The summed E-state index contributed by atoms with van der Waals surface area (Å²) in [5.74, 6) is 0.658. The highest BCUT2D eigenvalue weighted by molar-refractivity contribution is 7.92. The van der Waals surface area contributed by atoms with Crippen LogP contribution in [-0.4, -0.2) is 42.8 Å². The smallest absolute Gasteiger partial charge is 0.265 e. The Kier molecular flexibility index (Phi) is 7.52. The highest BCUT2D eigenvalue weighted by Gasteiger charge is 2.23. The standard InChI is InChI=1S/C24H26N2O7S/c1-15-6-9-17(10-7-15)26-34(28,29)22-12-16(8-11-19(22)30-2)24(27)25-18-13-20(31-3)23(33-5)21(14-18)32-4/h6-14,26H,1-5H3,(H,25,27). The molecule has 3 rings (SSSR count). The molecule has 2 N–H and O–H groups in total. The third-order valence-corrected chi connectivity index (χ3v) is 6.34. The Balaban J connectivity index is 1.93. The van der Waals surface area contributed by atoms with E-state index in [1.54, 1.807) is 36.4 Å². The summed E-state index contributed by atoms with van der Waals surface area (Å²) < 4.78 is 49.8. The molecular formula is C24H26N2O7S. The molecule has 0 saturated heterocycles. The fourth-order valence-electron chi connectivity index (χ4n) is 3.22. The average molecular weight is 487 g/mol. The van der Waals surface area contributed by atoms with Gasteiger partial charge in [0.1, 0.15) is 10.6 Å². The molecule has 1 amide bonds. The number of benzene rings is 3. The first kappa shape index (κ1) is 24.7. The molecular weight excluding hydrogens is 460 g/mol. The molecule has 0 aliphatic carbocycles. The number of ether oxygens (including phenoxy) is 4. The van der Waals surface area contributed by atoms with Crippen molar-refractivity contribution in [2.24, 2.45) is 0 Å². The number of carbonyl (C=O) groups excluding carboxylic acids is 1. The minimum absolute atomic E-state index is 0.101. The molecule has 180 valence electrons. The molecule has 0 aromatic heterocycles. The molecule has 0 radical (unpaired) electrons. The van der Waals surface area contributed by atoms with Gasteiger partial charge in [0.15, 0.2) is 11.5 Å². The van der Waals surface area contributed by atoms with Crippen LogP contribution in [0.15, 0.2) is 59.5 Å².